The molecule has 0 atom stereocenters. The van der Waals surface area contributed by atoms with Gasteiger partial charge in [-0.1, -0.05) is 12.1 Å². The number of nitriles is 1. The van der Waals surface area contributed by atoms with E-state index in [2.05, 4.69) is 4.72 Å². The average Bonchev–Trinajstić information content (AvgIpc) is 2.96. The van der Waals surface area contributed by atoms with Crippen LogP contribution in [0.15, 0.2) is 39.9 Å². The van der Waals surface area contributed by atoms with Crippen LogP contribution in [0, 0.1) is 11.3 Å². The number of carboxylic acid groups (broad SMARTS) is 1. The number of hydrogen-bond acceptors (Lipinski definition) is 5. The van der Waals surface area contributed by atoms with E-state index in [1.165, 1.54) is 5.38 Å². The van der Waals surface area contributed by atoms with Crippen molar-refractivity contribution in [3.05, 3.63) is 52.4 Å². The molecular weight excluding hydrogens is 312 g/mol. The summed E-state index contributed by atoms with van der Waals surface area (Å²) in [6, 6.07) is 9.65. The van der Waals surface area contributed by atoms with Gasteiger partial charge in [0, 0.05) is 11.9 Å². The summed E-state index contributed by atoms with van der Waals surface area (Å²) in [6.45, 7) is 0.0260. The molecule has 2 rings (SSSR count). The highest BCUT2D eigenvalue weighted by Crippen LogP contribution is 2.20. The molecule has 108 valence electrons. The van der Waals surface area contributed by atoms with E-state index in [0.717, 1.165) is 17.4 Å². The number of aromatic carboxylic acids is 1. The number of thiophene rings is 1. The number of benzene rings is 1. The Hall–Kier alpha value is -2.21. The Kier molecular flexibility index (Phi) is 4.37. The first kappa shape index (κ1) is 15.2. The maximum atomic E-state index is 12.0. The predicted octanol–water partition coefficient (Wildman–Crippen LogP) is 1.80. The molecule has 21 heavy (non-hydrogen) atoms. The second-order valence-electron chi connectivity index (χ2n) is 4.10. The van der Waals surface area contributed by atoms with Crippen molar-refractivity contribution >= 4 is 27.3 Å². The molecule has 0 spiro atoms. The Labute approximate surface area is 125 Å². The molecule has 0 radical (unpaired) electrons. The molecule has 0 aliphatic carbocycles. The second-order valence-corrected chi connectivity index (χ2v) is 7.00. The van der Waals surface area contributed by atoms with E-state index < -0.39 is 16.0 Å². The van der Waals surface area contributed by atoms with Gasteiger partial charge in [0.2, 0.25) is 10.0 Å². The molecule has 0 saturated heterocycles. The van der Waals surface area contributed by atoms with Crippen LogP contribution in [0.3, 0.4) is 0 Å². The molecule has 0 fully saturated rings. The number of nitrogens with one attached hydrogen (secondary N) is 1. The van der Waals surface area contributed by atoms with Crippen molar-refractivity contribution in [3.8, 4) is 6.07 Å². The number of nitrogens with zero attached hydrogens (tertiary/aromatic N) is 1. The summed E-state index contributed by atoms with van der Waals surface area (Å²) in [5, 5.41) is 18.8. The molecule has 6 nitrogen and oxygen atoms in total. The largest absolute Gasteiger partial charge is 0.478 e. The fraction of sp³-hybridized carbons (Fsp3) is 0.0769. The lowest BCUT2D eigenvalue weighted by Crippen LogP contribution is -2.22. The van der Waals surface area contributed by atoms with Gasteiger partial charge in [-0.05, 0) is 23.8 Å². The fourth-order valence-corrected chi connectivity index (χ4v) is 3.79. The summed E-state index contributed by atoms with van der Waals surface area (Å²) in [6.07, 6.45) is 0. The molecule has 2 aromatic rings. The van der Waals surface area contributed by atoms with Crippen molar-refractivity contribution in [1.29, 1.82) is 5.26 Å². The van der Waals surface area contributed by atoms with Crippen LogP contribution in [0.1, 0.15) is 21.5 Å². The molecule has 0 saturated carbocycles. The van der Waals surface area contributed by atoms with Gasteiger partial charge < -0.3 is 5.11 Å². The van der Waals surface area contributed by atoms with E-state index in [4.69, 9.17) is 10.4 Å². The van der Waals surface area contributed by atoms with Crippen LogP contribution in [0.4, 0.5) is 0 Å². The third-order valence-corrected chi connectivity index (χ3v) is 5.45. The van der Waals surface area contributed by atoms with E-state index in [1.54, 1.807) is 24.3 Å². The van der Waals surface area contributed by atoms with E-state index in [-0.39, 0.29) is 16.3 Å². The van der Waals surface area contributed by atoms with Crippen LogP contribution in [-0.2, 0) is 16.6 Å². The van der Waals surface area contributed by atoms with E-state index >= 15 is 0 Å². The van der Waals surface area contributed by atoms with Crippen LogP contribution < -0.4 is 4.72 Å². The zero-order chi connectivity index (χ0) is 15.5. The van der Waals surface area contributed by atoms with Gasteiger partial charge in [0.1, 0.15) is 4.21 Å². The summed E-state index contributed by atoms with van der Waals surface area (Å²) < 4.78 is 26.4. The molecule has 1 aromatic heterocycles. The van der Waals surface area contributed by atoms with Crippen molar-refractivity contribution in [3.63, 3.8) is 0 Å². The minimum atomic E-state index is -3.77. The van der Waals surface area contributed by atoms with Gasteiger partial charge in [0.05, 0.1) is 17.2 Å². The van der Waals surface area contributed by atoms with Crippen molar-refractivity contribution < 1.29 is 18.3 Å². The normalized spacial score (nSPS) is 11.0. The van der Waals surface area contributed by atoms with Gasteiger partial charge in [-0.25, -0.2) is 17.9 Å². The Balaban J connectivity index is 2.14. The number of sulfonamides is 1. The standard InChI is InChI=1S/C13H10N2O4S2/c14-6-9-2-1-3-10(4-9)7-15-21(18,19)12-5-11(8-20-12)13(16)17/h1-5,8,15H,7H2,(H,16,17). The topological polar surface area (TPSA) is 107 Å². The number of rotatable bonds is 5. The Bertz CT molecular complexity index is 819. The van der Waals surface area contributed by atoms with Crippen LogP contribution in [-0.4, -0.2) is 19.5 Å². The SMILES string of the molecule is N#Cc1cccc(CNS(=O)(=O)c2cc(C(=O)O)cs2)c1. The summed E-state index contributed by atoms with van der Waals surface area (Å²) in [7, 11) is -3.77. The minimum absolute atomic E-state index is 0.0260. The van der Waals surface area contributed by atoms with Crippen LogP contribution in [0.2, 0.25) is 0 Å². The number of hydrogen-bond donors (Lipinski definition) is 2. The number of carboxylic acids is 1. The molecule has 8 heteroatoms. The molecule has 1 aromatic carbocycles. The number of carbonyl (C=O) groups is 1. The maximum absolute atomic E-state index is 12.0. The van der Waals surface area contributed by atoms with E-state index in [9.17, 15) is 13.2 Å². The van der Waals surface area contributed by atoms with Crippen molar-refractivity contribution in [1.82, 2.24) is 4.72 Å². The monoisotopic (exact) mass is 322 g/mol. The van der Waals surface area contributed by atoms with Gasteiger partial charge in [-0.3, -0.25) is 0 Å². The second kappa shape index (κ2) is 6.05. The van der Waals surface area contributed by atoms with E-state index in [1.807, 2.05) is 6.07 Å². The molecular formula is C13H10N2O4S2. The van der Waals surface area contributed by atoms with Gasteiger partial charge >= 0.3 is 5.97 Å². The summed E-state index contributed by atoms with van der Waals surface area (Å²) in [5.41, 5.74) is 1.02. The molecule has 0 unspecified atom stereocenters. The smallest absolute Gasteiger partial charge is 0.336 e. The zero-order valence-corrected chi connectivity index (χ0v) is 12.2. The average molecular weight is 322 g/mol. The first-order valence-corrected chi connectivity index (χ1v) is 8.09. The Morgan fingerprint density at radius 1 is 1.38 bits per heavy atom. The highest BCUT2D eigenvalue weighted by atomic mass is 32.2. The first-order chi connectivity index (χ1) is 9.92. The van der Waals surface area contributed by atoms with Gasteiger partial charge in [0.15, 0.2) is 0 Å². The lowest BCUT2D eigenvalue weighted by atomic mass is 10.1. The summed E-state index contributed by atoms with van der Waals surface area (Å²) >= 11 is 0.844. The Morgan fingerprint density at radius 2 is 2.14 bits per heavy atom. The van der Waals surface area contributed by atoms with Gasteiger partial charge in [0.25, 0.3) is 0 Å². The first-order valence-electron chi connectivity index (χ1n) is 5.73. The van der Waals surface area contributed by atoms with Crippen LogP contribution in [0.5, 0.6) is 0 Å². The molecule has 2 N–H and O–H groups in total. The van der Waals surface area contributed by atoms with Crippen molar-refractivity contribution in [2.24, 2.45) is 0 Å². The third-order valence-electron chi connectivity index (χ3n) is 2.61. The molecule has 0 aliphatic heterocycles. The molecule has 0 bridgehead atoms. The van der Waals surface area contributed by atoms with E-state index in [0.29, 0.717) is 11.1 Å². The fourth-order valence-electron chi connectivity index (χ4n) is 1.57. The zero-order valence-electron chi connectivity index (χ0n) is 10.6. The molecule has 0 amide bonds. The van der Waals surface area contributed by atoms with Crippen molar-refractivity contribution in [2.45, 2.75) is 10.8 Å². The van der Waals surface area contributed by atoms with Crippen LogP contribution in [0.25, 0.3) is 0 Å². The van der Waals surface area contributed by atoms with Crippen molar-refractivity contribution in [2.75, 3.05) is 0 Å². The third kappa shape index (κ3) is 3.66. The lowest BCUT2D eigenvalue weighted by Gasteiger charge is -2.05. The summed E-state index contributed by atoms with van der Waals surface area (Å²) in [5.74, 6) is -1.17. The highest BCUT2D eigenvalue weighted by Gasteiger charge is 2.18. The van der Waals surface area contributed by atoms with Gasteiger partial charge in [-0.15, -0.1) is 11.3 Å². The summed E-state index contributed by atoms with van der Waals surface area (Å²) in [4.78, 5) is 10.8. The highest BCUT2D eigenvalue weighted by molar-refractivity contribution is 7.91. The maximum Gasteiger partial charge on any atom is 0.336 e. The quantitative estimate of drug-likeness (QED) is 0.872. The van der Waals surface area contributed by atoms with Crippen LogP contribution >= 0.6 is 11.3 Å². The minimum Gasteiger partial charge on any atom is -0.478 e. The predicted molar refractivity (Wildman–Crippen MR) is 76.5 cm³/mol. The Morgan fingerprint density at radius 3 is 2.76 bits per heavy atom. The molecule has 1 heterocycles. The lowest BCUT2D eigenvalue weighted by molar-refractivity contribution is 0.0697. The van der Waals surface area contributed by atoms with Gasteiger partial charge in [-0.2, -0.15) is 5.26 Å². The molecule has 0 aliphatic rings.